The summed E-state index contributed by atoms with van der Waals surface area (Å²) in [7, 11) is 0. The van der Waals surface area contributed by atoms with Gasteiger partial charge in [-0.1, -0.05) is 0 Å². The number of nitrogens with two attached hydrogens (primary N) is 1. The summed E-state index contributed by atoms with van der Waals surface area (Å²) < 4.78 is 10.9. The number of carboxylic acids is 1. The zero-order chi connectivity index (χ0) is 13.0. The van der Waals surface area contributed by atoms with Crippen molar-refractivity contribution in [1.29, 1.82) is 0 Å². The van der Waals surface area contributed by atoms with Crippen molar-refractivity contribution < 1.29 is 19.4 Å². The first-order valence-corrected chi connectivity index (χ1v) is 5.90. The van der Waals surface area contributed by atoms with Gasteiger partial charge in [-0.25, -0.2) is 9.78 Å². The van der Waals surface area contributed by atoms with Crippen molar-refractivity contribution in [2.75, 3.05) is 18.9 Å². The van der Waals surface area contributed by atoms with Crippen LogP contribution >= 0.6 is 0 Å². The molecule has 0 bridgehead atoms. The Morgan fingerprint density at radius 2 is 2.44 bits per heavy atom. The number of rotatable bonds is 4. The van der Waals surface area contributed by atoms with Crippen LogP contribution in [0.4, 0.5) is 5.69 Å². The highest BCUT2D eigenvalue weighted by Gasteiger charge is 2.16. The summed E-state index contributed by atoms with van der Waals surface area (Å²) >= 11 is 0. The molecule has 6 heteroatoms. The molecule has 0 amide bonds. The van der Waals surface area contributed by atoms with Gasteiger partial charge in [0.05, 0.1) is 23.6 Å². The largest absolute Gasteiger partial charge is 0.478 e. The first kappa shape index (κ1) is 12.6. The van der Waals surface area contributed by atoms with Gasteiger partial charge in [0, 0.05) is 12.7 Å². The van der Waals surface area contributed by atoms with E-state index < -0.39 is 5.97 Å². The maximum atomic E-state index is 10.9. The van der Waals surface area contributed by atoms with Crippen LogP contribution in [0.3, 0.4) is 0 Å². The zero-order valence-corrected chi connectivity index (χ0v) is 9.96. The molecule has 0 saturated carbocycles. The van der Waals surface area contributed by atoms with Gasteiger partial charge in [-0.05, 0) is 19.3 Å². The number of anilines is 1. The van der Waals surface area contributed by atoms with E-state index in [1.165, 1.54) is 12.3 Å². The van der Waals surface area contributed by atoms with Gasteiger partial charge < -0.3 is 20.3 Å². The maximum Gasteiger partial charge on any atom is 0.338 e. The quantitative estimate of drug-likeness (QED) is 0.839. The summed E-state index contributed by atoms with van der Waals surface area (Å²) in [5.74, 6) is -0.829. The highest BCUT2D eigenvalue weighted by atomic mass is 16.5. The molecule has 2 heterocycles. The average Bonchev–Trinajstić information content (AvgIpc) is 2.38. The van der Waals surface area contributed by atoms with E-state index in [0.717, 1.165) is 25.9 Å². The van der Waals surface area contributed by atoms with Crippen molar-refractivity contribution in [1.82, 2.24) is 4.98 Å². The molecule has 98 valence electrons. The Kier molecular flexibility index (Phi) is 3.99. The third-order valence-corrected chi connectivity index (χ3v) is 2.83. The van der Waals surface area contributed by atoms with Gasteiger partial charge in [0.1, 0.15) is 6.61 Å². The van der Waals surface area contributed by atoms with E-state index in [2.05, 4.69) is 4.98 Å². The Balaban J connectivity index is 1.96. The second-order valence-electron chi connectivity index (χ2n) is 4.21. The summed E-state index contributed by atoms with van der Waals surface area (Å²) in [5, 5.41) is 8.92. The molecule has 0 aliphatic carbocycles. The number of hydrogen-bond acceptors (Lipinski definition) is 5. The molecule has 1 unspecified atom stereocenters. The van der Waals surface area contributed by atoms with Crippen molar-refractivity contribution in [2.45, 2.75) is 25.4 Å². The fraction of sp³-hybridized carbons (Fsp3) is 0.500. The molecular weight excluding hydrogens is 236 g/mol. The second kappa shape index (κ2) is 5.68. The van der Waals surface area contributed by atoms with Crippen LogP contribution in [0.15, 0.2) is 12.3 Å². The lowest BCUT2D eigenvalue weighted by Crippen LogP contribution is -2.26. The van der Waals surface area contributed by atoms with Crippen LogP contribution < -0.4 is 10.5 Å². The average molecular weight is 252 g/mol. The van der Waals surface area contributed by atoms with Crippen LogP contribution in [0.1, 0.15) is 29.6 Å². The fourth-order valence-corrected chi connectivity index (χ4v) is 1.83. The molecule has 18 heavy (non-hydrogen) atoms. The SMILES string of the molecule is Nc1cnc(OCC2CCCCO2)cc1C(=O)O. The van der Waals surface area contributed by atoms with Gasteiger partial charge in [0.25, 0.3) is 0 Å². The van der Waals surface area contributed by atoms with Crippen molar-refractivity contribution in [3.8, 4) is 5.88 Å². The molecule has 1 aliphatic rings. The molecule has 1 atom stereocenters. The number of hydrogen-bond donors (Lipinski definition) is 2. The molecule has 1 fully saturated rings. The molecule has 6 nitrogen and oxygen atoms in total. The van der Waals surface area contributed by atoms with E-state index in [4.69, 9.17) is 20.3 Å². The van der Waals surface area contributed by atoms with Gasteiger partial charge in [-0.3, -0.25) is 0 Å². The Labute approximate surface area is 105 Å². The van der Waals surface area contributed by atoms with E-state index in [-0.39, 0.29) is 23.2 Å². The summed E-state index contributed by atoms with van der Waals surface area (Å²) in [4.78, 5) is 14.8. The monoisotopic (exact) mass is 252 g/mol. The van der Waals surface area contributed by atoms with Gasteiger partial charge in [0.2, 0.25) is 5.88 Å². The van der Waals surface area contributed by atoms with E-state index >= 15 is 0 Å². The van der Waals surface area contributed by atoms with E-state index in [0.29, 0.717) is 6.61 Å². The molecule has 1 aromatic rings. The van der Waals surface area contributed by atoms with Gasteiger partial charge >= 0.3 is 5.97 Å². The number of aromatic carboxylic acids is 1. The van der Waals surface area contributed by atoms with Crippen molar-refractivity contribution in [3.05, 3.63) is 17.8 Å². The normalized spacial score (nSPS) is 19.4. The van der Waals surface area contributed by atoms with Crippen LogP contribution in [0.2, 0.25) is 0 Å². The maximum absolute atomic E-state index is 10.9. The van der Waals surface area contributed by atoms with Crippen molar-refractivity contribution in [2.24, 2.45) is 0 Å². The van der Waals surface area contributed by atoms with E-state index in [1.807, 2.05) is 0 Å². The highest BCUT2D eigenvalue weighted by molar-refractivity contribution is 5.93. The lowest BCUT2D eigenvalue weighted by molar-refractivity contribution is -0.0119. The Hall–Kier alpha value is -1.82. The minimum Gasteiger partial charge on any atom is -0.478 e. The lowest BCUT2D eigenvalue weighted by Gasteiger charge is -2.22. The third-order valence-electron chi connectivity index (χ3n) is 2.83. The second-order valence-corrected chi connectivity index (χ2v) is 4.21. The Bertz CT molecular complexity index is 430. The van der Waals surface area contributed by atoms with E-state index in [1.54, 1.807) is 0 Å². The smallest absolute Gasteiger partial charge is 0.338 e. The number of carbonyl (C=O) groups is 1. The number of pyridine rings is 1. The summed E-state index contributed by atoms with van der Waals surface area (Å²) in [5.41, 5.74) is 5.64. The third kappa shape index (κ3) is 3.10. The van der Waals surface area contributed by atoms with Gasteiger partial charge in [0.15, 0.2) is 0 Å². The summed E-state index contributed by atoms with van der Waals surface area (Å²) in [6.07, 6.45) is 4.52. The van der Waals surface area contributed by atoms with Gasteiger partial charge in [-0.15, -0.1) is 0 Å². The molecule has 0 radical (unpaired) electrons. The standard InChI is InChI=1S/C12H16N2O4/c13-10-6-14-11(5-9(10)12(15)16)18-7-8-3-1-2-4-17-8/h5-6,8H,1-4,7,13H2,(H,15,16). The number of nitrogens with zero attached hydrogens (tertiary/aromatic N) is 1. The minimum atomic E-state index is -1.09. The van der Waals surface area contributed by atoms with Crippen molar-refractivity contribution in [3.63, 3.8) is 0 Å². The van der Waals surface area contributed by atoms with Crippen LogP contribution in [0.25, 0.3) is 0 Å². The number of aromatic nitrogens is 1. The lowest BCUT2D eigenvalue weighted by atomic mass is 10.1. The zero-order valence-electron chi connectivity index (χ0n) is 9.96. The first-order valence-electron chi connectivity index (χ1n) is 5.90. The number of carboxylic acid groups (broad SMARTS) is 1. The fourth-order valence-electron chi connectivity index (χ4n) is 1.83. The topological polar surface area (TPSA) is 94.7 Å². The summed E-state index contributed by atoms with van der Waals surface area (Å²) in [6, 6.07) is 1.33. The highest BCUT2D eigenvalue weighted by Crippen LogP contribution is 2.18. The molecule has 1 aliphatic heterocycles. The molecule has 0 spiro atoms. The van der Waals surface area contributed by atoms with E-state index in [9.17, 15) is 4.79 Å². The van der Waals surface area contributed by atoms with Crippen LogP contribution in [-0.4, -0.2) is 35.4 Å². The first-order chi connectivity index (χ1) is 8.66. The predicted molar refractivity (Wildman–Crippen MR) is 64.7 cm³/mol. The van der Waals surface area contributed by atoms with Gasteiger partial charge in [-0.2, -0.15) is 0 Å². The van der Waals surface area contributed by atoms with Crippen molar-refractivity contribution >= 4 is 11.7 Å². The Morgan fingerprint density at radius 3 is 3.11 bits per heavy atom. The molecule has 3 N–H and O–H groups in total. The minimum absolute atomic E-state index is 0.00422. The van der Waals surface area contributed by atoms with Crippen LogP contribution in [0, 0.1) is 0 Å². The molecule has 1 aromatic heterocycles. The predicted octanol–water partition coefficient (Wildman–Crippen LogP) is 1.31. The molecular formula is C12H16N2O4. The molecule has 2 rings (SSSR count). The molecule has 1 saturated heterocycles. The molecule has 0 aromatic carbocycles. The number of ether oxygens (including phenoxy) is 2. The number of nitrogen functional groups attached to an aromatic ring is 1. The van der Waals surface area contributed by atoms with Crippen LogP contribution in [-0.2, 0) is 4.74 Å². The Morgan fingerprint density at radius 1 is 1.61 bits per heavy atom. The van der Waals surface area contributed by atoms with Crippen LogP contribution in [0.5, 0.6) is 5.88 Å². The summed E-state index contributed by atoms with van der Waals surface area (Å²) in [6.45, 7) is 1.14.